The zero-order chi connectivity index (χ0) is 23.1. The van der Waals surface area contributed by atoms with E-state index in [1.807, 2.05) is 17.0 Å². The lowest BCUT2D eigenvalue weighted by molar-refractivity contribution is -0.133. The van der Waals surface area contributed by atoms with Gasteiger partial charge in [-0.1, -0.05) is 11.6 Å². The number of nitrogens with zero attached hydrogens (tertiary/aromatic N) is 2. The monoisotopic (exact) mass is 476 g/mol. The molecule has 5 rings (SSSR count). The third-order valence-corrected chi connectivity index (χ3v) is 6.73. The summed E-state index contributed by atoms with van der Waals surface area (Å²) in [5, 5.41) is 16.1. The van der Waals surface area contributed by atoms with E-state index in [1.165, 1.54) is 0 Å². The second-order valence-electron chi connectivity index (χ2n) is 8.53. The molecule has 2 saturated heterocycles. The van der Waals surface area contributed by atoms with Gasteiger partial charge in [0.1, 0.15) is 22.8 Å². The van der Waals surface area contributed by atoms with Crippen LogP contribution in [0.3, 0.4) is 0 Å². The van der Waals surface area contributed by atoms with Crippen LogP contribution >= 0.6 is 11.6 Å². The van der Waals surface area contributed by atoms with Crippen LogP contribution in [0.25, 0.3) is 5.57 Å². The first-order valence-corrected chi connectivity index (χ1v) is 11.2. The second kappa shape index (κ2) is 8.89. The van der Waals surface area contributed by atoms with Crippen LogP contribution < -0.4 is 20.3 Å². The van der Waals surface area contributed by atoms with Crippen molar-refractivity contribution in [2.75, 3.05) is 31.1 Å². The number of carboxylic acids is 1. The molecule has 0 saturated carbocycles. The Labute approximate surface area is 194 Å². The van der Waals surface area contributed by atoms with Crippen molar-refractivity contribution in [3.8, 4) is 5.75 Å². The van der Waals surface area contributed by atoms with Crippen LogP contribution in [0.4, 0.5) is 14.6 Å². The number of nitrogens with one attached hydrogen (secondary N) is 2. The lowest BCUT2D eigenvalue weighted by atomic mass is 9.85. The Bertz CT molecular complexity index is 1110. The Balaban J connectivity index is 1.32. The first-order chi connectivity index (χ1) is 15.9. The van der Waals surface area contributed by atoms with Crippen LogP contribution in [-0.2, 0) is 4.79 Å². The van der Waals surface area contributed by atoms with Gasteiger partial charge in [-0.05, 0) is 41.8 Å². The largest absolute Gasteiger partial charge is 0.484 e. The molecular weight excluding hydrogens is 454 g/mol. The zero-order valence-electron chi connectivity index (χ0n) is 17.7. The third-order valence-electron chi connectivity index (χ3n) is 6.38. The summed E-state index contributed by atoms with van der Waals surface area (Å²) in [6, 6.07) is 5.68. The summed E-state index contributed by atoms with van der Waals surface area (Å²) in [4.78, 5) is 18.5. The van der Waals surface area contributed by atoms with E-state index < -0.39 is 17.6 Å². The van der Waals surface area contributed by atoms with E-state index >= 15 is 0 Å². The molecule has 1 unspecified atom stereocenters. The molecule has 10 heteroatoms. The van der Waals surface area contributed by atoms with E-state index in [9.17, 15) is 18.7 Å². The van der Waals surface area contributed by atoms with Crippen LogP contribution in [0.2, 0.25) is 5.02 Å². The minimum absolute atomic E-state index is 0.188. The van der Waals surface area contributed by atoms with Crippen molar-refractivity contribution in [2.45, 2.75) is 31.0 Å². The van der Waals surface area contributed by atoms with Gasteiger partial charge in [0.05, 0.1) is 18.2 Å². The maximum atomic E-state index is 14.0. The molecule has 7 nitrogen and oxygen atoms in total. The Morgan fingerprint density at radius 3 is 2.79 bits per heavy atom. The smallest absolute Gasteiger partial charge is 0.333 e. The predicted octanol–water partition coefficient (Wildman–Crippen LogP) is 2.84. The molecule has 0 amide bonds. The molecule has 2 fully saturated rings. The molecule has 1 aromatic heterocycles. The van der Waals surface area contributed by atoms with Crippen molar-refractivity contribution in [3.05, 3.63) is 58.3 Å². The highest BCUT2D eigenvalue weighted by molar-refractivity contribution is 6.32. The number of fused-ring (bicyclic) bond motifs is 2. The lowest BCUT2D eigenvalue weighted by Gasteiger charge is -2.38. The Morgan fingerprint density at radius 1 is 1.21 bits per heavy atom. The van der Waals surface area contributed by atoms with Gasteiger partial charge >= 0.3 is 5.97 Å². The summed E-state index contributed by atoms with van der Waals surface area (Å²) in [6.45, 7) is 2.46. The quantitative estimate of drug-likeness (QED) is 0.572. The minimum Gasteiger partial charge on any atom is -0.484 e. The molecule has 2 bridgehead atoms. The van der Waals surface area contributed by atoms with Gasteiger partial charge in [-0.15, -0.1) is 0 Å². The zero-order valence-corrected chi connectivity index (χ0v) is 18.4. The van der Waals surface area contributed by atoms with Crippen LogP contribution in [0.5, 0.6) is 5.75 Å². The number of aliphatic carboxylic acids is 1. The fourth-order valence-electron chi connectivity index (χ4n) is 4.81. The molecule has 0 spiro atoms. The minimum atomic E-state index is -0.920. The van der Waals surface area contributed by atoms with Crippen molar-refractivity contribution in [1.29, 1.82) is 0 Å². The van der Waals surface area contributed by atoms with Crippen LogP contribution in [0.1, 0.15) is 18.4 Å². The topological polar surface area (TPSA) is 86.7 Å². The second-order valence-corrected chi connectivity index (χ2v) is 8.91. The summed E-state index contributed by atoms with van der Waals surface area (Å²) < 4.78 is 33.4. The fraction of sp³-hybridized carbons (Fsp3) is 0.391. The normalized spacial score (nSPS) is 24.8. The summed E-state index contributed by atoms with van der Waals surface area (Å²) in [5.41, 5.74) is 2.00. The number of hydrogen-bond acceptors (Lipinski definition) is 6. The van der Waals surface area contributed by atoms with Gasteiger partial charge in [0.2, 0.25) is 0 Å². The lowest BCUT2D eigenvalue weighted by Crippen LogP contribution is -2.58. The summed E-state index contributed by atoms with van der Waals surface area (Å²) in [6.07, 6.45) is 2.56. The van der Waals surface area contributed by atoms with Gasteiger partial charge < -0.3 is 25.4 Å². The molecule has 33 heavy (non-hydrogen) atoms. The molecular formula is C23H23ClF2N4O3. The number of hydrogen-bond donors (Lipinski definition) is 3. The highest BCUT2D eigenvalue weighted by atomic mass is 35.5. The Kier molecular flexibility index (Phi) is 5.94. The van der Waals surface area contributed by atoms with Gasteiger partial charge in [0.15, 0.2) is 11.6 Å². The van der Waals surface area contributed by atoms with E-state index in [1.54, 1.807) is 6.20 Å². The average Bonchev–Trinajstić information content (AvgIpc) is 3.27. The predicted molar refractivity (Wildman–Crippen MR) is 120 cm³/mol. The number of benzene rings is 1. The molecule has 1 aromatic carbocycles. The van der Waals surface area contributed by atoms with Crippen molar-refractivity contribution < 1.29 is 23.4 Å². The van der Waals surface area contributed by atoms with Crippen LogP contribution in [-0.4, -0.2) is 60.4 Å². The molecule has 174 valence electrons. The molecule has 3 atom stereocenters. The fourth-order valence-corrected chi connectivity index (χ4v) is 5.00. The summed E-state index contributed by atoms with van der Waals surface area (Å²) in [5.74, 6) is -1.91. The first kappa shape index (κ1) is 22.1. The standard InChI is InChI=1S/C23H23ClF2N4O3/c24-21-16(25)2-3-17(26)22(21)33-14-5-6-30(11-14)19-4-1-12(8-28-19)15-7-13-9-27-10-18(29-13)20(15)23(31)32/h1-4,8,13-14,18,27,29H,5-7,9-11H2,(H,31,32)/t13-,14?,18-/m1/s1. The van der Waals surface area contributed by atoms with Gasteiger partial charge in [-0.3, -0.25) is 0 Å². The van der Waals surface area contributed by atoms with E-state index in [-0.39, 0.29) is 29.0 Å². The highest BCUT2D eigenvalue weighted by Crippen LogP contribution is 2.34. The number of piperazine rings is 1. The highest BCUT2D eigenvalue weighted by Gasteiger charge is 2.35. The van der Waals surface area contributed by atoms with E-state index in [0.29, 0.717) is 43.9 Å². The van der Waals surface area contributed by atoms with E-state index in [4.69, 9.17) is 16.3 Å². The number of aromatic nitrogens is 1. The summed E-state index contributed by atoms with van der Waals surface area (Å²) in [7, 11) is 0. The van der Waals surface area contributed by atoms with E-state index in [0.717, 1.165) is 29.8 Å². The first-order valence-electron chi connectivity index (χ1n) is 10.9. The molecule has 0 radical (unpaired) electrons. The van der Waals surface area contributed by atoms with Crippen LogP contribution in [0, 0.1) is 11.6 Å². The molecule has 0 aliphatic carbocycles. The van der Waals surface area contributed by atoms with Crippen molar-refractivity contribution in [3.63, 3.8) is 0 Å². The Morgan fingerprint density at radius 2 is 2.03 bits per heavy atom. The third kappa shape index (κ3) is 4.28. The van der Waals surface area contributed by atoms with Crippen molar-refractivity contribution in [2.24, 2.45) is 0 Å². The number of pyridine rings is 1. The number of carboxylic acid groups (broad SMARTS) is 1. The van der Waals surface area contributed by atoms with Crippen LogP contribution in [0.15, 0.2) is 36.0 Å². The number of ether oxygens (including phenoxy) is 1. The van der Waals surface area contributed by atoms with Gasteiger partial charge in [-0.25, -0.2) is 18.6 Å². The van der Waals surface area contributed by atoms with Crippen molar-refractivity contribution >= 4 is 29.0 Å². The number of anilines is 1. The van der Waals surface area contributed by atoms with Gasteiger partial charge in [0, 0.05) is 38.3 Å². The summed E-state index contributed by atoms with van der Waals surface area (Å²) >= 11 is 5.87. The maximum Gasteiger partial charge on any atom is 0.333 e. The molecule has 3 aliphatic rings. The molecule has 4 heterocycles. The SMILES string of the molecule is O=C(O)C1=C(c2ccc(N3CCC(Oc4c(F)ccc(F)c4Cl)C3)nc2)C[C@@H]2CNC[C@H]1N2. The van der Waals surface area contributed by atoms with E-state index in [2.05, 4.69) is 15.6 Å². The molecule has 3 aliphatic heterocycles. The maximum absolute atomic E-state index is 14.0. The number of rotatable bonds is 5. The number of halogens is 3. The van der Waals surface area contributed by atoms with Gasteiger partial charge in [-0.2, -0.15) is 0 Å². The molecule has 2 aromatic rings. The van der Waals surface area contributed by atoms with Gasteiger partial charge in [0.25, 0.3) is 0 Å². The molecule has 3 N–H and O–H groups in total. The average molecular weight is 477 g/mol. The van der Waals surface area contributed by atoms with Crippen molar-refractivity contribution in [1.82, 2.24) is 15.6 Å². The number of carbonyl (C=O) groups is 1. The Hall–Kier alpha value is -2.75.